The van der Waals surface area contributed by atoms with Crippen molar-refractivity contribution >= 4 is 68.9 Å². The number of Topliss-reactive ketones (excluding diaryl/α,β-unsaturated/α-hetero) is 1. The van der Waals surface area contributed by atoms with Crippen LogP contribution in [0.25, 0.3) is 5.76 Å². The average molecular weight is 601 g/mol. The van der Waals surface area contributed by atoms with Gasteiger partial charge in [-0.15, -0.1) is 10.2 Å². The van der Waals surface area contributed by atoms with Gasteiger partial charge in [-0.25, -0.2) is 0 Å². The number of nitrogens with zero attached hydrogens (tertiary/aromatic N) is 3. The molecule has 39 heavy (non-hydrogen) atoms. The molecule has 0 radical (unpaired) electrons. The Morgan fingerprint density at radius 2 is 1.82 bits per heavy atom. The molecule has 1 aliphatic heterocycles. The number of aromatic hydroxyl groups is 1. The van der Waals surface area contributed by atoms with Crippen molar-refractivity contribution in [3.05, 3.63) is 99.0 Å². The molecule has 3 aromatic carbocycles. The van der Waals surface area contributed by atoms with E-state index in [9.17, 15) is 19.8 Å². The van der Waals surface area contributed by atoms with E-state index >= 15 is 0 Å². The number of phenolic OH excluding ortho intramolecular Hbond substituents is 1. The van der Waals surface area contributed by atoms with E-state index in [1.54, 1.807) is 36.4 Å². The number of hydrogen-bond donors (Lipinski definition) is 2. The van der Waals surface area contributed by atoms with Crippen molar-refractivity contribution in [2.24, 2.45) is 0 Å². The highest BCUT2D eigenvalue weighted by molar-refractivity contribution is 8.00. The first-order valence-corrected chi connectivity index (χ1v) is 14.0. The number of aliphatic hydroxyl groups is 1. The Morgan fingerprint density at radius 1 is 1.08 bits per heavy atom. The van der Waals surface area contributed by atoms with Crippen molar-refractivity contribution in [1.82, 2.24) is 10.2 Å². The van der Waals surface area contributed by atoms with Gasteiger partial charge in [-0.3, -0.25) is 14.5 Å². The highest BCUT2D eigenvalue weighted by Gasteiger charge is 2.48. The molecule has 1 saturated heterocycles. The van der Waals surface area contributed by atoms with Gasteiger partial charge in [0.15, 0.2) is 15.8 Å². The van der Waals surface area contributed by atoms with Crippen molar-refractivity contribution < 1.29 is 24.5 Å². The summed E-state index contributed by atoms with van der Waals surface area (Å²) in [6, 6.07) is 17.1. The monoisotopic (exact) mass is 599 g/mol. The predicted molar refractivity (Wildman–Crippen MR) is 152 cm³/mol. The normalized spacial score (nSPS) is 16.6. The molecule has 1 aromatic heterocycles. The summed E-state index contributed by atoms with van der Waals surface area (Å²) in [6.07, 6.45) is 0. The molecule has 4 aromatic rings. The van der Waals surface area contributed by atoms with Crippen LogP contribution in [-0.2, 0) is 15.3 Å². The fourth-order valence-electron chi connectivity index (χ4n) is 4.09. The summed E-state index contributed by atoms with van der Waals surface area (Å²) >= 11 is 14.8. The van der Waals surface area contributed by atoms with Crippen LogP contribution in [0, 0.1) is 0 Å². The van der Waals surface area contributed by atoms with Gasteiger partial charge in [0.05, 0.1) is 18.7 Å². The van der Waals surface area contributed by atoms with Gasteiger partial charge in [0, 0.05) is 21.4 Å². The second-order valence-corrected chi connectivity index (χ2v) is 11.4. The van der Waals surface area contributed by atoms with E-state index < -0.39 is 17.7 Å². The molecule has 2 heterocycles. The zero-order chi connectivity index (χ0) is 27.7. The third-order valence-corrected chi connectivity index (χ3v) is 8.72. The highest BCUT2D eigenvalue weighted by atomic mass is 35.5. The van der Waals surface area contributed by atoms with Crippen LogP contribution in [0.4, 0.5) is 5.13 Å². The van der Waals surface area contributed by atoms with Crippen molar-refractivity contribution in [2.75, 3.05) is 12.0 Å². The SMILES string of the molecule is COc1cc(C2/C(=C(/O)c3ccc(Cl)cc3)C(=O)C(=O)N2c2nnc(SCc3ccccc3Cl)s2)ccc1O. The Hall–Kier alpha value is -3.57. The minimum Gasteiger partial charge on any atom is -0.507 e. The Kier molecular flexibility index (Phi) is 7.81. The van der Waals surface area contributed by atoms with Gasteiger partial charge in [0.25, 0.3) is 5.78 Å². The van der Waals surface area contributed by atoms with Crippen LogP contribution in [0.2, 0.25) is 10.0 Å². The molecule has 1 fully saturated rings. The van der Waals surface area contributed by atoms with E-state index in [1.807, 2.05) is 18.2 Å². The molecule has 1 aliphatic rings. The molecule has 198 valence electrons. The number of aromatic nitrogens is 2. The summed E-state index contributed by atoms with van der Waals surface area (Å²) in [5.41, 5.74) is 1.50. The van der Waals surface area contributed by atoms with Crippen molar-refractivity contribution in [1.29, 1.82) is 0 Å². The number of phenols is 1. The molecule has 1 atom stereocenters. The Balaban J connectivity index is 1.57. The number of rotatable bonds is 7. The lowest BCUT2D eigenvalue weighted by Gasteiger charge is -2.23. The number of carbonyl (C=O) groups excluding carboxylic acids is 2. The van der Waals surface area contributed by atoms with Crippen molar-refractivity contribution in [2.45, 2.75) is 16.1 Å². The molecular formula is C27H19Cl2N3O5S2. The van der Waals surface area contributed by atoms with Gasteiger partial charge >= 0.3 is 5.91 Å². The lowest BCUT2D eigenvalue weighted by atomic mass is 9.95. The van der Waals surface area contributed by atoms with E-state index in [2.05, 4.69) is 10.2 Å². The number of aliphatic hydroxyl groups excluding tert-OH is 1. The topological polar surface area (TPSA) is 113 Å². The first-order valence-electron chi connectivity index (χ1n) is 11.4. The summed E-state index contributed by atoms with van der Waals surface area (Å²) in [6.45, 7) is 0. The van der Waals surface area contributed by atoms with Crippen LogP contribution < -0.4 is 9.64 Å². The van der Waals surface area contributed by atoms with E-state index in [0.717, 1.165) is 16.9 Å². The van der Waals surface area contributed by atoms with Gasteiger partial charge in [-0.1, -0.05) is 70.6 Å². The highest BCUT2D eigenvalue weighted by Crippen LogP contribution is 2.45. The minimum absolute atomic E-state index is 0.120. The van der Waals surface area contributed by atoms with Crippen LogP contribution in [0.15, 0.2) is 76.6 Å². The van der Waals surface area contributed by atoms with Gasteiger partial charge in [0.1, 0.15) is 5.76 Å². The summed E-state index contributed by atoms with van der Waals surface area (Å²) < 4.78 is 5.81. The molecule has 1 unspecified atom stereocenters. The number of ketones is 1. The number of anilines is 1. The average Bonchev–Trinajstić information content (AvgIpc) is 3.50. The second kappa shape index (κ2) is 11.3. The summed E-state index contributed by atoms with van der Waals surface area (Å²) in [7, 11) is 1.39. The largest absolute Gasteiger partial charge is 0.507 e. The first-order chi connectivity index (χ1) is 18.8. The zero-order valence-corrected chi connectivity index (χ0v) is 23.3. The van der Waals surface area contributed by atoms with Crippen LogP contribution in [0.1, 0.15) is 22.7 Å². The molecular weight excluding hydrogens is 581 g/mol. The van der Waals surface area contributed by atoms with E-state index in [0.29, 0.717) is 31.3 Å². The maximum Gasteiger partial charge on any atom is 0.301 e. The number of hydrogen-bond acceptors (Lipinski definition) is 9. The van der Waals surface area contributed by atoms with Gasteiger partial charge in [-0.2, -0.15) is 0 Å². The quantitative estimate of drug-likeness (QED) is 0.0816. The molecule has 0 aliphatic carbocycles. The maximum atomic E-state index is 13.4. The van der Waals surface area contributed by atoms with Crippen molar-refractivity contribution in [3.8, 4) is 11.5 Å². The third-order valence-electron chi connectivity index (χ3n) is 5.99. The number of thioether (sulfide) groups is 1. The van der Waals surface area contributed by atoms with Crippen LogP contribution in [0.5, 0.6) is 11.5 Å². The fourth-order valence-corrected chi connectivity index (χ4v) is 6.37. The Labute approximate surface area is 241 Å². The first kappa shape index (κ1) is 27.0. The number of methoxy groups -OCH3 is 1. The predicted octanol–water partition coefficient (Wildman–Crippen LogP) is 6.48. The minimum atomic E-state index is -1.07. The Bertz CT molecular complexity index is 1610. The number of amides is 1. The lowest BCUT2D eigenvalue weighted by molar-refractivity contribution is -0.132. The number of carbonyl (C=O) groups is 2. The zero-order valence-electron chi connectivity index (χ0n) is 20.2. The standard InChI is InChI=1S/C27H19Cl2N3O5S2/c1-37-20-12-15(8-11-19(20)33)22-21(23(34)14-6-9-17(28)10-7-14)24(35)25(36)32(22)26-30-31-27(39-26)38-13-16-4-2-3-5-18(16)29/h2-12,22,33-34H,13H2,1H3/b23-21-. The maximum absolute atomic E-state index is 13.4. The molecule has 12 heteroatoms. The van der Waals surface area contributed by atoms with Gasteiger partial charge in [-0.05, 0) is 53.6 Å². The van der Waals surface area contributed by atoms with E-state index in [4.69, 9.17) is 27.9 Å². The molecule has 8 nitrogen and oxygen atoms in total. The number of halogens is 2. The van der Waals surface area contributed by atoms with E-state index in [1.165, 1.54) is 35.9 Å². The number of benzene rings is 3. The van der Waals surface area contributed by atoms with Gasteiger partial charge < -0.3 is 14.9 Å². The van der Waals surface area contributed by atoms with Crippen LogP contribution in [0.3, 0.4) is 0 Å². The lowest BCUT2D eigenvalue weighted by Crippen LogP contribution is -2.29. The molecule has 0 bridgehead atoms. The number of ether oxygens (including phenoxy) is 1. The Morgan fingerprint density at radius 3 is 2.54 bits per heavy atom. The molecule has 1 amide bonds. The molecule has 5 rings (SSSR count). The van der Waals surface area contributed by atoms with Crippen LogP contribution >= 0.6 is 46.3 Å². The van der Waals surface area contributed by atoms with Gasteiger partial charge in [0.2, 0.25) is 5.13 Å². The van der Waals surface area contributed by atoms with E-state index in [-0.39, 0.29) is 28.0 Å². The fraction of sp³-hybridized carbons (Fsp3) is 0.111. The molecule has 0 spiro atoms. The third kappa shape index (κ3) is 5.33. The molecule has 0 saturated carbocycles. The summed E-state index contributed by atoms with van der Waals surface area (Å²) in [5.74, 6) is -1.59. The molecule has 2 N–H and O–H groups in total. The summed E-state index contributed by atoms with van der Waals surface area (Å²) in [4.78, 5) is 27.9. The van der Waals surface area contributed by atoms with Crippen molar-refractivity contribution in [3.63, 3.8) is 0 Å². The second-order valence-electron chi connectivity index (χ2n) is 8.34. The summed E-state index contributed by atoms with van der Waals surface area (Å²) in [5, 5.41) is 31.0. The van der Waals surface area contributed by atoms with Crippen LogP contribution in [-0.4, -0.2) is 39.2 Å². The smallest absolute Gasteiger partial charge is 0.301 e.